The Balaban J connectivity index is 0.00000111. The molecule has 0 aromatic carbocycles. The summed E-state index contributed by atoms with van der Waals surface area (Å²) in [5.74, 6) is 4.42. The van der Waals surface area contributed by atoms with Gasteiger partial charge in [0.25, 0.3) is 0 Å². The van der Waals surface area contributed by atoms with E-state index < -0.39 is 0 Å². The molecule has 5 fully saturated rings. The number of nitrogens with zero attached hydrogens (tertiary/aromatic N) is 1. The molecule has 2 saturated heterocycles. The molecule has 6 aliphatic rings. The second-order valence-electron chi connectivity index (χ2n) is 13.0. The fourth-order valence-electron chi connectivity index (χ4n) is 9.70. The van der Waals surface area contributed by atoms with Gasteiger partial charge < -0.3 is 9.64 Å². The number of ether oxygens (including phenoxy) is 1. The SMILES string of the molecule is CC.CC1=C2CC3[C@@H](CCC4CC(=O)CCC43C)C2CCC2(C1)CC1C(CC(C)CN1C)O2. The summed E-state index contributed by atoms with van der Waals surface area (Å²) in [5.41, 5.74) is 4.01. The topological polar surface area (TPSA) is 29.5 Å². The Morgan fingerprint density at radius 1 is 1.09 bits per heavy atom. The predicted molar refractivity (Wildman–Crippen MR) is 135 cm³/mol. The molecular formula is C30H49NO2. The number of fused-ring (bicyclic) bond motifs is 6. The van der Waals surface area contributed by atoms with Crippen molar-refractivity contribution in [1.29, 1.82) is 0 Å². The number of carbonyl (C=O) groups is 1. The van der Waals surface area contributed by atoms with Crippen LogP contribution in [0, 0.1) is 35.0 Å². The Kier molecular flexibility index (Phi) is 6.39. The highest BCUT2D eigenvalue weighted by molar-refractivity contribution is 5.79. The van der Waals surface area contributed by atoms with Crippen LogP contribution in [0.15, 0.2) is 11.1 Å². The highest BCUT2D eigenvalue weighted by atomic mass is 16.5. The number of Topliss-reactive ketones (excluding diaryl/α,β-unsaturated/α-hetero) is 1. The van der Waals surface area contributed by atoms with Crippen LogP contribution in [0.25, 0.3) is 0 Å². The van der Waals surface area contributed by atoms with Crippen molar-refractivity contribution in [1.82, 2.24) is 4.90 Å². The van der Waals surface area contributed by atoms with Crippen LogP contribution in [-0.2, 0) is 9.53 Å². The molecule has 3 heteroatoms. The van der Waals surface area contributed by atoms with Crippen molar-refractivity contribution in [3.05, 3.63) is 11.1 Å². The van der Waals surface area contributed by atoms with E-state index in [4.69, 9.17) is 4.74 Å². The number of hydrogen-bond donors (Lipinski definition) is 0. The fraction of sp³-hybridized carbons (Fsp3) is 0.900. The van der Waals surface area contributed by atoms with Crippen LogP contribution in [0.3, 0.4) is 0 Å². The van der Waals surface area contributed by atoms with Gasteiger partial charge in [-0.2, -0.15) is 0 Å². The maximum Gasteiger partial charge on any atom is 0.133 e. The van der Waals surface area contributed by atoms with Crippen molar-refractivity contribution in [2.75, 3.05) is 13.6 Å². The molecule has 2 aliphatic heterocycles. The smallest absolute Gasteiger partial charge is 0.133 e. The number of hydrogen-bond acceptors (Lipinski definition) is 3. The molecule has 3 nitrogen and oxygen atoms in total. The third-order valence-corrected chi connectivity index (χ3v) is 11.2. The Labute approximate surface area is 203 Å². The number of likely N-dealkylation sites (N-methyl/N-ethyl adjacent to an activating group) is 1. The van der Waals surface area contributed by atoms with Gasteiger partial charge in [-0.05, 0) is 107 Å². The number of carbonyl (C=O) groups excluding carboxylic acids is 1. The van der Waals surface area contributed by atoms with E-state index in [9.17, 15) is 4.79 Å². The quantitative estimate of drug-likeness (QED) is 0.376. The number of rotatable bonds is 0. The van der Waals surface area contributed by atoms with Crippen molar-refractivity contribution >= 4 is 5.78 Å². The first-order chi connectivity index (χ1) is 15.8. The molecule has 3 saturated carbocycles. The Hall–Kier alpha value is -0.670. The molecule has 9 atom stereocenters. The summed E-state index contributed by atoms with van der Waals surface area (Å²) in [4.78, 5) is 14.8. The van der Waals surface area contributed by atoms with Gasteiger partial charge in [-0.15, -0.1) is 0 Å². The third kappa shape index (κ3) is 3.88. The molecular weight excluding hydrogens is 406 g/mol. The van der Waals surface area contributed by atoms with Gasteiger partial charge in [0.15, 0.2) is 0 Å². The molecule has 6 rings (SSSR count). The van der Waals surface area contributed by atoms with Gasteiger partial charge in [0, 0.05) is 25.4 Å². The van der Waals surface area contributed by atoms with Crippen LogP contribution in [0.4, 0.5) is 0 Å². The lowest BCUT2D eigenvalue weighted by atomic mass is 9.52. The van der Waals surface area contributed by atoms with Gasteiger partial charge in [-0.1, -0.05) is 38.8 Å². The summed E-state index contributed by atoms with van der Waals surface area (Å²) in [5, 5.41) is 0. The molecule has 4 aliphatic carbocycles. The van der Waals surface area contributed by atoms with Gasteiger partial charge in [-0.25, -0.2) is 0 Å². The molecule has 0 N–H and O–H groups in total. The lowest BCUT2D eigenvalue weighted by Gasteiger charge is -2.52. The third-order valence-electron chi connectivity index (χ3n) is 11.2. The minimum absolute atomic E-state index is 0.100. The molecule has 8 unspecified atom stereocenters. The number of ketones is 1. The van der Waals surface area contributed by atoms with Crippen molar-refractivity contribution in [3.8, 4) is 0 Å². The molecule has 186 valence electrons. The molecule has 0 radical (unpaired) electrons. The summed E-state index contributed by atoms with van der Waals surface area (Å²) in [6, 6.07) is 0.633. The van der Waals surface area contributed by atoms with Crippen molar-refractivity contribution in [2.45, 2.75) is 123 Å². The van der Waals surface area contributed by atoms with Crippen LogP contribution in [0.2, 0.25) is 0 Å². The maximum absolute atomic E-state index is 12.2. The minimum atomic E-state index is 0.100. The maximum atomic E-state index is 12.2. The molecule has 0 bridgehead atoms. The summed E-state index contributed by atoms with van der Waals surface area (Å²) in [6.07, 6.45) is 13.5. The normalized spacial score (nSPS) is 49.5. The molecule has 0 aromatic heterocycles. The Morgan fingerprint density at radius 3 is 2.67 bits per heavy atom. The highest BCUT2D eigenvalue weighted by Gasteiger charge is 2.58. The lowest BCUT2D eigenvalue weighted by Crippen LogP contribution is -2.46. The second-order valence-corrected chi connectivity index (χ2v) is 13.0. The van der Waals surface area contributed by atoms with Crippen LogP contribution in [-0.4, -0.2) is 42.0 Å². The van der Waals surface area contributed by atoms with Crippen molar-refractivity contribution < 1.29 is 9.53 Å². The monoisotopic (exact) mass is 455 g/mol. The van der Waals surface area contributed by atoms with Crippen LogP contribution in [0.5, 0.6) is 0 Å². The van der Waals surface area contributed by atoms with E-state index in [1.807, 2.05) is 19.4 Å². The van der Waals surface area contributed by atoms with E-state index in [-0.39, 0.29) is 5.60 Å². The summed E-state index contributed by atoms with van der Waals surface area (Å²) in [7, 11) is 2.32. The van der Waals surface area contributed by atoms with Crippen LogP contribution < -0.4 is 0 Å². The van der Waals surface area contributed by atoms with E-state index >= 15 is 0 Å². The zero-order valence-corrected chi connectivity index (χ0v) is 22.3. The minimum Gasteiger partial charge on any atom is -0.370 e. The summed E-state index contributed by atoms with van der Waals surface area (Å²) < 4.78 is 6.99. The standard InChI is InChI=1S/C28H43NO2.C2H6/c1-17-11-26-25(29(4)16-17)15-28(31-26)10-8-21-22-6-5-19-12-20(30)7-9-27(19,3)24(22)13-23(21)18(2)14-28;1-2/h17,19,21-22,24-26H,5-16H2,1-4H3;1-2H3/t17?,19?,21?,22-,24?,25?,26?,27?,28?;/m0./s1. The second kappa shape index (κ2) is 8.77. The summed E-state index contributed by atoms with van der Waals surface area (Å²) in [6.45, 7) is 12.6. The van der Waals surface area contributed by atoms with E-state index in [1.54, 1.807) is 5.57 Å². The van der Waals surface area contributed by atoms with Gasteiger partial charge in [-0.3, -0.25) is 4.79 Å². The zero-order valence-electron chi connectivity index (χ0n) is 22.3. The summed E-state index contributed by atoms with van der Waals surface area (Å²) >= 11 is 0. The average Bonchev–Trinajstić information content (AvgIpc) is 3.30. The van der Waals surface area contributed by atoms with Gasteiger partial charge >= 0.3 is 0 Å². The number of piperidine rings is 1. The highest BCUT2D eigenvalue weighted by Crippen LogP contribution is 2.64. The van der Waals surface area contributed by atoms with Gasteiger partial charge in [0.1, 0.15) is 5.78 Å². The van der Waals surface area contributed by atoms with Crippen LogP contribution in [0.1, 0.15) is 105 Å². The molecule has 2 heterocycles. The first-order valence-electron chi connectivity index (χ1n) is 14.4. The van der Waals surface area contributed by atoms with Gasteiger partial charge in [0.2, 0.25) is 0 Å². The number of likely N-dealkylation sites (tertiary alicyclic amines) is 1. The van der Waals surface area contributed by atoms with E-state index in [0.29, 0.717) is 29.3 Å². The fourth-order valence-corrected chi connectivity index (χ4v) is 9.70. The first kappa shape index (κ1) is 24.0. The zero-order chi connectivity index (χ0) is 23.5. The van der Waals surface area contributed by atoms with Crippen LogP contribution >= 0.6 is 0 Å². The first-order valence-corrected chi connectivity index (χ1v) is 14.4. The van der Waals surface area contributed by atoms with E-state index in [2.05, 4.69) is 32.7 Å². The number of allylic oxidation sites excluding steroid dienone is 1. The lowest BCUT2D eigenvalue weighted by molar-refractivity contribution is -0.129. The largest absolute Gasteiger partial charge is 0.370 e. The van der Waals surface area contributed by atoms with Crippen molar-refractivity contribution in [3.63, 3.8) is 0 Å². The molecule has 0 amide bonds. The molecule has 1 spiro atoms. The van der Waals surface area contributed by atoms with E-state index in [0.717, 1.165) is 42.9 Å². The Morgan fingerprint density at radius 2 is 1.88 bits per heavy atom. The average molecular weight is 456 g/mol. The molecule has 33 heavy (non-hydrogen) atoms. The Bertz CT molecular complexity index is 803. The van der Waals surface area contributed by atoms with E-state index in [1.165, 1.54) is 57.9 Å². The van der Waals surface area contributed by atoms with Crippen molar-refractivity contribution in [2.24, 2.45) is 35.0 Å². The van der Waals surface area contributed by atoms with Gasteiger partial charge in [0.05, 0.1) is 11.7 Å². The predicted octanol–water partition coefficient (Wildman–Crippen LogP) is 6.80. The molecule has 0 aromatic rings.